The molecule has 3 aromatic carbocycles. The Hall–Kier alpha value is -4.11. The Morgan fingerprint density at radius 2 is 1.68 bits per heavy atom. The lowest BCUT2D eigenvalue weighted by Gasteiger charge is -2.18. The molecule has 0 aliphatic carbocycles. The second kappa shape index (κ2) is 10.3. The van der Waals surface area contributed by atoms with Crippen molar-refractivity contribution in [3.05, 3.63) is 94.8 Å². The Morgan fingerprint density at radius 3 is 2.45 bits per heavy atom. The van der Waals surface area contributed by atoms with E-state index in [0.717, 1.165) is 43.5 Å². The number of carbonyl (C=O) groups is 1. The van der Waals surface area contributed by atoms with Gasteiger partial charge in [0.15, 0.2) is 0 Å². The number of amidine groups is 1. The van der Waals surface area contributed by atoms with Gasteiger partial charge >= 0.3 is 6.18 Å². The number of ether oxygens (including phenoxy) is 1. The predicted octanol–water partition coefficient (Wildman–Crippen LogP) is 7.37. The van der Waals surface area contributed by atoms with E-state index < -0.39 is 22.7 Å². The van der Waals surface area contributed by atoms with Gasteiger partial charge in [-0.15, -0.1) is 0 Å². The van der Waals surface area contributed by atoms with E-state index in [-0.39, 0.29) is 11.3 Å². The molecule has 1 aliphatic heterocycles. The summed E-state index contributed by atoms with van der Waals surface area (Å²) in [6, 6.07) is 17.0. The van der Waals surface area contributed by atoms with Crippen molar-refractivity contribution in [2.24, 2.45) is 0 Å². The molecule has 0 bridgehead atoms. The number of fused-ring (bicyclic) bond motifs is 1. The molecule has 0 saturated carbocycles. The number of hydrogen-bond acceptors (Lipinski definition) is 4. The molecule has 2 heterocycles. The van der Waals surface area contributed by atoms with E-state index >= 15 is 0 Å². The molecule has 5 rings (SSSR count). The average Bonchev–Trinajstić information content (AvgIpc) is 3.43. The Kier molecular flexibility index (Phi) is 6.94. The first-order chi connectivity index (χ1) is 18.2. The van der Waals surface area contributed by atoms with Crippen LogP contribution in [-0.4, -0.2) is 34.7 Å². The van der Waals surface area contributed by atoms with Crippen molar-refractivity contribution in [1.82, 2.24) is 9.88 Å². The summed E-state index contributed by atoms with van der Waals surface area (Å²) in [5, 5.41) is 12.0. The van der Waals surface area contributed by atoms with Gasteiger partial charge in [0.2, 0.25) is 0 Å². The predicted molar refractivity (Wildman–Crippen MR) is 140 cm³/mol. The molecule has 1 saturated heterocycles. The van der Waals surface area contributed by atoms with Gasteiger partial charge < -0.3 is 15.0 Å². The number of amides is 1. The number of pyridine rings is 1. The van der Waals surface area contributed by atoms with Gasteiger partial charge in [0.05, 0.1) is 10.6 Å². The summed E-state index contributed by atoms with van der Waals surface area (Å²) in [7, 11) is 0. The zero-order chi connectivity index (χ0) is 26.9. The average molecular weight is 539 g/mol. The number of rotatable bonds is 5. The fourth-order valence-electron chi connectivity index (χ4n) is 4.30. The minimum absolute atomic E-state index is 0.0168. The van der Waals surface area contributed by atoms with Gasteiger partial charge in [0.1, 0.15) is 23.0 Å². The quantitative estimate of drug-likeness (QED) is 0.205. The Labute approximate surface area is 221 Å². The maximum atomic E-state index is 13.2. The van der Waals surface area contributed by atoms with Gasteiger partial charge in [-0.2, -0.15) is 13.2 Å². The first-order valence-electron chi connectivity index (χ1n) is 11.9. The van der Waals surface area contributed by atoms with Crippen LogP contribution < -0.4 is 10.1 Å². The van der Waals surface area contributed by atoms with E-state index in [1.54, 1.807) is 48.7 Å². The van der Waals surface area contributed by atoms with Crippen molar-refractivity contribution in [2.45, 2.75) is 19.0 Å². The second-order valence-electron chi connectivity index (χ2n) is 8.89. The third kappa shape index (κ3) is 5.57. The monoisotopic (exact) mass is 538 g/mol. The van der Waals surface area contributed by atoms with Gasteiger partial charge in [-0.1, -0.05) is 23.7 Å². The minimum atomic E-state index is -4.64. The maximum Gasteiger partial charge on any atom is 0.417 e. The van der Waals surface area contributed by atoms with E-state index in [4.69, 9.17) is 21.7 Å². The normalized spacial score (nSPS) is 13.5. The molecule has 0 atom stereocenters. The number of nitrogens with zero attached hydrogens (tertiary/aromatic N) is 2. The summed E-state index contributed by atoms with van der Waals surface area (Å²) in [6.07, 6.45) is -0.922. The van der Waals surface area contributed by atoms with Crippen molar-refractivity contribution < 1.29 is 22.7 Å². The lowest BCUT2D eigenvalue weighted by molar-refractivity contribution is -0.137. The lowest BCUT2D eigenvalue weighted by Crippen LogP contribution is -2.28. The summed E-state index contributed by atoms with van der Waals surface area (Å²) < 4.78 is 45.5. The highest BCUT2D eigenvalue weighted by Crippen LogP contribution is 2.36. The van der Waals surface area contributed by atoms with E-state index in [0.29, 0.717) is 28.4 Å². The largest absolute Gasteiger partial charge is 0.457 e. The van der Waals surface area contributed by atoms with Crippen LogP contribution in [0.15, 0.2) is 72.9 Å². The SMILES string of the molecule is N=C(c1cc(Oc2ccc3ccc(C(=O)Nc4ccc(Cl)c(C(F)(F)F)c4)cc3c2)ccn1)N1CCCC1. The number of likely N-dealkylation sites (tertiary alicyclic amines) is 1. The van der Waals surface area contributed by atoms with E-state index in [2.05, 4.69) is 10.3 Å². The molecule has 0 radical (unpaired) electrons. The zero-order valence-corrected chi connectivity index (χ0v) is 20.7. The topological polar surface area (TPSA) is 78.3 Å². The van der Waals surface area contributed by atoms with E-state index in [9.17, 15) is 18.0 Å². The van der Waals surface area contributed by atoms with Gasteiger partial charge in [-0.3, -0.25) is 15.2 Å². The molecular weight excluding hydrogens is 517 g/mol. The molecule has 1 aliphatic rings. The Balaban J connectivity index is 1.34. The Bertz CT molecular complexity index is 1530. The van der Waals surface area contributed by atoms with Gasteiger partial charge in [-0.25, -0.2) is 0 Å². The molecule has 194 valence electrons. The van der Waals surface area contributed by atoms with Gasteiger partial charge in [-0.05, 0) is 72.1 Å². The van der Waals surface area contributed by atoms with Crippen LogP contribution in [-0.2, 0) is 6.18 Å². The molecule has 10 heteroatoms. The van der Waals surface area contributed by atoms with Crippen LogP contribution in [0.3, 0.4) is 0 Å². The van der Waals surface area contributed by atoms with E-state index in [1.165, 1.54) is 6.07 Å². The van der Waals surface area contributed by atoms with Gasteiger partial charge in [0.25, 0.3) is 5.91 Å². The van der Waals surface area contributed by atoms with Crippen molar-refractivity contribution in [2.75, 3.05) is 18.4 Å². The van der Waals surface area contributed by atoms with Crippen LogP contribution in [0.25, 0.3) is 10.8 Å². The third-order valence-corrected chi connectivity index (χ3v) is 6.57. The molecule has 1 aromatic heterocycles. The van der Waals surface area contributed by atoms with E-state index in [1.807, 2.05) is 11.0 Å². The number of aromatic nitrogens is 1. The zero-order valence-electron chi connectivity index (χ0n) is 20.0. The number of benzene rings is 3. The molecule has 2 N–H and O–H groups in total. The number of halogens is 4. The van der Waals surface area contributed by atoms with Crippen LogP contribution in [0, 0.1) is 5.41 Å². The van der Waals surface area contributed by atoms with Crippen LogP contribution >= 0.6 is 11.6 Å². The van der Waals surface area contributed by atoms with Crippen LogP contribution in [0.5, 0.6) is 11.5 Å². The summed E-state index contributed by atoms with van der Waals surface area (Å²) in [4.78, 5) is 19.1. The van der Waals surface area contributed by atoms with Crippen LogP contribution in [0.2, 0.25) is 5.02 Å². The summed E-state index contributed by atoms with van der Waals surface area (Å²) in [6.45, 7) is 1.68. The minimum Gasteiger partial charge on any atom is -0.457 e. The fourth-order valence-corrected chi connectivity index (χ4v) is 4.52. The van der Waals surface area contributed by atoms with Gasteiger partial charge in [0, 0.05) is 36.6 Å². The highest BCUT2D eigenvalue weighted by Gasteiger charge is 2.33. The van der Waals surface area contributed by atoms with Crippen molar-refractivity contribution in [3.63, 3.8) is 0 Å². The standard InChI is InChI=1S/C28H22ClF3N4O2/c29-24-8-6-20(15-23(24)28(30,31)32)35-27(37)18-4-3-17-5-7-21(14-19(17)13-18)38-22-9-10-34-25(16-22)26(33)36-11-1-2-12-36/h3-10,13-16,33H,1-2,11-12H2,(H,35,37). The highest BCUT2D eigenvalue weighted by molar-refractivity contribution is 6.31. The number of nitrogens with one attached hydrogen (secondary N) is 2. The summed E-state index contributed by atoms with van der Waals surface area (Å²) in [5.74, 6) is 0.848. The van der Waals surface area contributed by atoms with Crippen LogP contribution in [0.4, 0.5) is 18.9 Å². The molecular formula is C28H22ClF3N4O2. The van der Waals surface area contributed by atoms with Crippen molar-refractivity contribution in [3.8, 4) is 11.5 Å². The molecule has 0 spiro atoms. The molecule has 4 aromatic rings. The number of anilines is 1. The summed E-state index contributed by atoms with van der Waals surface area (Å²) in [5.41, 5.74) is -0.243. The number of hydrogen-bond donors (Lipinski definition) is 2. The summed E-state index contributed by atoms with van der Waals surface area (Å²) >= 11 is 5.67. The van der Waals surface area contributed by atoms with Crippen LogP contribution in [0.1, 0.15) is 34.5 Å². The smallest absolute Gasteiger partial charge is 0.417 e. The van der Waals surface area contributed by atoms with Crippen molar-refractivity contribution in [1.29, 1.82) is 5.41 Å². The fraction of sp³-hybridized carbons (Fsp3) is 0.179. The molecule has 1 fully saturated rings. The van der Waals surface area contributed by atoms with Crippen molar-refractivity contribution >= 4 is 39.8 Å². The first-order valence-corrected chi connectivity index (χ1v) is 12.2. The lowest BCUT2D eigenvalue weighted by atomic mass is 10.1. The first kappa shape index (κ1) is 25.5. The molecule has 1 amide bonds. The number of alkyl halides is 3. The molecule has 0 unspecified atom stereocenters. The molecule has 6 nitrogen and oxygen atoms in total. The number of carbonyl (C=O) groups excluding carboxylic acids is 1. The second-order valence-corrected chi connectivity index (χ2v) is 9.30. The highest BCUT2D eigenvalue weighted by atomic mass is 35.5. The Morgan fingerprint density at radius 1 is 0.947 bits per heavy atom. The molecule has 38 heavy (non-hydrogen) atoms. The third-order valence-electron chi connectivity index (χ3n) is 6.24. The maximum absolute atomic E-state index is 13.2.